The summed E-state index contributed by atoms with van der Waals surface area (Å²) in [4.78, 5) is 2.63. The Labute approximate surface area is 109 Å². The first-order valence-corrected chi connectivity index (χ1v) is 7.96. The fraction of sp³-hybridized carbons (Fsp3) is 0.538. The molecule has 1 aliphatic heterocycles. The van der Waals surface area contributed by atoms with Gasteiger partial charge in [0, 0.05) is 25.3 Å². The second-order valence-corrected chi connectivity index (χ2v) is 6.35. The van der Waals surface area contributed by atoms with Crippen LogP contribution in [0.3, 0.4) is 0 Å². The molecule has 0 aromatic heterocycles. The lowest BCUT2D eigenvalue weighted by atomic mass is 10.3. The van der Waals surface area contributed by atoms with E-state index in [0.717, 1.165) is 25.2 Å². The lowest BCUT2D eigenvalue weighted by molar-refractivity contribution is 0.581. The van der Waals surface area contributed by atoms with Crippen molar-refractivity contribution >= 4 is 15.7 Å². The zero-order valence-electron chi connectivity index (χ0n) is 10.7. The number of rotatable bonds is 5. The van der Waals surface area contributed by atoms with E-state index < -0.39 is 10.0 Å². The van der Waals surface area contributed by atoms with Gasteiger partial charge in [0.1, 0.15) is 0 Å². The monoisotopic (exact) mass is 268 g/mol. The van der Waals surface area contributed by atoms with Gasteiger partial charge in [-0.2, -0.15) is 0 Å². The molecule has 0 saturated carbocycles. The highest BCUT2D eigenvalue weighted by Crippen LogP contribution is 2.21. The Morgan fingerprint density at radius 2 is 1.78 bits per heavy atom. The van der Waals surface area contributed by atoms with E-state index in [1.165, 1.54) is 12.8 Å². The van der Waals surface area contributed by atoms with Gasteiger partial charge in [-0.1, -0.05) is 6.92 Å². The van der Waals surface area contributed by atoms with E-state index >= 15 is 0 Å². The van der Waals surface area contributed by atoms with Crippen molar-refractivity contribution in [3.63, 3.8) is 0 Å². The fourth-order valence-corrected chi connectivity index (χ4v) is 3.27. The number of hydrogen-bond acceptors (Lipinski definition) is 3. The third-order valence-corrected chi connectivity index (χ3v) is 4.64. The maximum absolute atomic E-state index is 11.9. The van der Waals surface area contributed by atoms with E-state index in [-0.39, 0.29) is 0 Å². The van der Waals surface area contributed by atoms with Gasteiger partial charge in [0.25, 0.3) is 0 Å². The van der Waals surface area contributed by atoms with Crippen LogP contribution in [0.1, 0.15) is 26.2 Å². The molecule has 18 heavy (non-hydrogen) atoms. The Morgan fingerprint density at radius 1 is 1.17 bits per heavy atom. The molecule has 0 bridgehead atoms. The van der Waals surface area contributed by atoms with Crippen LogP contribution < -0.4 is 9.62 Å². The quantitative estimate of drug-likeness (QED) is 0.888. The fourth-order valence-electron chi connectivity index (χ4n) is 2.13. The highest BCUT2D eigenvalue weighted by molar-refractivity contribution is 7.89. The Morgan fingerprint density at radius 3 is 2.33 bits per heavy atom. The second kappa shape index (κ2) is 5.71. The molecule has 1 heterocycles. The van der Waals surface area contributed by atoms with Gasteiger partial charge in [0.15, 0.2) is 0 Å². The molecular formula is C13H20N2O2S. The molecule has 4 nitrogen and oxygen atoms in total. The van der Waals surface area contributed by atoms with E-state index in [2.05, 4.69) is 9.62 Å². The molecule has 0 unspecified atom stereocenters. The first-order chi connectivity index (χ1) is 8.63. The summed E-state index contributed by atoms with van der Waals surface area (Å²) in [5.41, 5.74) is 1.11. The molecule has 0 spiro atoms. The van der Waals surface area contributed by atoms with E-state index in [9.17, 15) is 8.42 Å². The van der Waals surface area contributed by atoms with Crippen LogP contribution in [0.4, 0.5) is 5.69 Å². The molecule has 5 heteroatoms. The Kier molecular flexibility index (Phi) is 4.24. The molecule has 1 aromatic rings. The van der Waals surface area contributed by atoms with Gasteiger partial charge >= 0.3 is 0 Å². The van der Waals surface area contributed by atoms with Crippen LogP contribution in [-0.4, -0.2) is 28.1 Å². The van der Waals surface area contributed by atoms with Crippen molar-refractivity contribution < 1.29 is 8.42 Å². The number of sulfonamides is 1. The van der Waals surface area contributed by atoms with Crippen molar-refractivity contribution in [3.05, 3.63) is 24.3 Å². The van der Waals surface area contributed by atoms with Crippen LogP contribution in [0.5, 0.6) is 0 Å². The molecule has 1 saturated heterocycles. The Balaban J connectivity index is 2.11. The molecule has 1 aliphatic rings. The lowest BCUT2D eigenvalue weighted by Gasteiger charge is -2.17. The third-order valence-electron chi connectivity index (χ3n) is 3.16. The maximum Gasteiger partial charge on any atom is 0.240 e. The highest BCUT2D eigenvalue weighted by Gasteiger charge is 2.15. The summed E-state index contributed by atoms with van der Waals surface area (Å²) in [5.74, 6) is 0. The van der Waals surface area contributed by atoms with Gasteiger partial charge in [0.05, 0.1) is 4.90 Å². The van der Waals surface area contributed by atoms with Crippen LogP contribution in [0.25, 0.3) is 0 Å². The Bertz CT molecular complexity index is 476. The zero-order chi connectivity index (χ0) is 13.0. The number of nitrogens with zero attached hydrogens (tertiary/aromatic N) is 1. The zero-order valence-corrected chi connectivity index (χ0v) is 11.5. The first-order valence-electron chi connectivity index (χ1n) is 6.48. The molecule has 0 aliphatic carbocycles. The summed E-state index contributed by atoms with van der Waals surface area (Å²) in [6, 6.07) is 7.16. The molecule has 1 N–H and O–H groups in total. The standard InChI is InChI=1S/C13H20N2O2S/c1-2-9-14-18(16,17)13-7-5-12(6-8-13)15-10-3-4-11-15/h5-8,14H,2-4,9-11H2,1H3. The molecule has 1 aromatic carbocycles. The molecule has 0 amide bonds. The molecule has 0 radical (unpaired) electrons. The summed E-state index contributed by atoms with van der Waals surface area (Å²) >= 11 is 0. The summed E-state index contributed by atoms with van der Waals surface area (Å²) in [6.07, 6.45) is 3.24. The minimum absolute atomic E-state index is 0.346. The summed E-state index contributed by atoms with van der Waals surface area (Å²) in [6.45, 7) is 4.57. The van der Waals surface area contributed by atoms with Gasteiger partial charge in [-0.25, -0.2) is 13.1 Å². The molecular weight excluding hydrogens is 248 g/mol. The van der Waals surface area contributed by atoms with Crippen LogP contribution >= 0.6 is 0 Å². The van der Waals surface area contributed by atoms with E-state index in [1.807, 2.05) is 19.1 Å². The van der Waals surface area contributed by atoms with Crippen LogP contribution in [0, 0.1) is 0 Å². The molecule has 0 atom stereocenters. The van der Waals surface area contributed by atoms with Gasteiger partial charge in [-0.3, -0.25) is 0 Å². The highest BCUT2D eigenvalue weighted by atomic mass is 32.2. The predicted octanol–water partition coefficient (Wildman–Crippen LogP) is 1.98. The average molecular weight is 268 g/mol. The molecule has 1 fully saturated rings. The van der Waals surface area contributed by atoms with E-state index in [1.54, 1.807) is 12.1 Å². The summed E-state index contributed by atoms with van der Waals surface area (Å²) in [7, 11) is -3.33. The van der Waals surface area contributed by atoms with Crippen molar-refractivity contribution in [2.24, 2.45) is 0 Å². The smallest absolute Gasteiger partial charge is 0.240 e. The molecule has 2 rings (SSSR count). The average Bonchev–Trinajstić information content (AvgIpc) is 2.90. The predicted molar refractivity (Wildman–Crippen MR) is 73.4 cm³/mol. The molecule has 100 valence electrons. The second-order valence-electron chi connectivity index (χ2n) is 4.59. The van der Waals surface area contributed by atoms with Gasteiger partial charge in [-0.05, 0) is 43.5 Å². The topological polar surface area (TPSA) is 49.4 Å². The number of nitrogens with one attached hydrogen (secondary N) is 1. The lowest BCUT2D eigenvalue weighted by Crippen LogP contribution is -2.24. The van der Waals surface area contributed by atoms with Crippen molar-refractivity contribution in [1.29, 1.82) is 0 Å². The largest absolute Gasteiger partial charge is 0.372 e. The van der Waals surface area contributed by atoms with Crippen molar-refractivity contribution in [3.8, 4) is 0 Å². The number of benzene rings is 1. The SMILES string of the molecule is CCCNS(=O)(=O)c1ccc(N2CCCC2)cc1. The van der Waals surface area contributed by atoms with Crippen molar-refractivity contribution in [2.45, 2.75) is 31.1 Å². The summed E-state index contributed by atoms with van der Waals surface area (Å²) < 4.78 is 26.4. The van der Waals surface area contributed by atoms with Gasteiger partial charge in [-0.15, -0.1) is 0 Å². The Hall–Kier alpha value is -1.07. The van der Waals surface area contributed by atoms with Gasteiger partial charge < -0.3 is 4.90 Å². The van der Waals surface area contributed by atoms with Crippen LogP contribution in [0.15, 0.2) is 29.2 Å². The minimum Gasteiger partial charge on any atom is -0.372 e. The normalized spacial score (nSPS) is 16.2. The first kappa shape index (κ1) is 13.4. The van der Waals surface area contributed by atoms with Crippen molar-refractivity contribution in [1.82, 2.24) is 4.72 Å². The minimum atomic E-state index is -3.33. The van der Waals surface area contributed by atoms with E-state index in [4.69, 9.17) is 0 Å². The van der Waals surface area contributed by atoms with Crippen molar-refractivity contribution in [2.75, 3.05) is 24.5 Å². The van der Waals surface area contributed by atoms with E-state index in [0.29, 0.717) is 11.4 Å². The van der Waals surface area contributed by atoms with Gasteiger partial charge in [0.2, 0.25) is 10.0 Å². The number of hydrogen-bond donors (Lipinski definition) is 1. The van der Waals surface area contributed by atoms with Crippen LogP contribution in [0.2, 0.25) is 0 Å². The third kappa shape index (κ3) is 3.03. The maximum atomic E-state index is 11.9. The number of anilines is 1. The van der Waals surface area contributed by atoms with Crippen LogP contribution in [-0.2, 0) is 10.0 Å². The summed E-state index contributed by atoms with van der Waals surface area (Å²) in [5, 5.41) is 0.